The first-order chi connectivity index (χ1) is 16.6. The molecule has 0 radical (unpaired) electrons. The molecule has 1 saturated heterocycles. The number of nitrogens with one attached hydrogen (secondary N) is 1. The summed E-state index contributed by atoms with van der Waals surface area (Å²) in [6, 6.07) is 13.4. The van der Waals surface area contributed by atoms with Crippen LogP contribution in [-0.4, -0.2) is 50.2 Å². The molecule has 1 aromatic heterocycles. The Kier molecular flexibility index (Phi) is 4.90. The number of fused-ring (bicyclic) bond motifs is 2. The van der Waals surface area contributed by atoms with E-state index in [1.807, 2.05) is 18.3 Å². The van der Waals surface area contributed by atoms with Crippen molar-refractivity contribution in [3.8, 4) is 5.69 Å². The van der Waals surface area contributed by atoms with Crippen molar-refractivity contribution < 1.29 is 14.4 Å². The molecule has 1 fully saturated rings. The van der Waals surface area contributed by atoms with Crippen LogP contribution in [-0.2, 0) is 29.1 Å². The molecule has 9 heteroatoms. The van der Waals surface area contributed by atoms with Crippen LogP contribution in [0, 0.1) is 0 Å². The largest absolute Gasteiger partial charge is 0.365 e. The third-order valence-corrected chi connectivity index (χ3v) is 6.87. The molecular weight excluding hydrogens is 432 g/mol. The summed E-state index contributed by atoms with van der Waals surface area (Å²) in [7, 11) is 0. The zero-order valence-corrected chi connectivity index (χ0v) is 18.6. The number of carbonyl (C=O) groups excluding carboxylic acids is 3. The minimum atomic E-state index is -0.619. The van der Waals surface area contributed by atoms with Crippen molar-refractivity contribution in [2.24, 2.45) is 0 Å². The summed E-state index contributed by atoms with van der Waals surface area (Å²) >= 11 is 0. The van der Waals surface area contributed by atoms with Crippen LogP contribution < -0.4 is 10.2 Å². The van der Waals surface area contributed by atoms with Crippen molar-refractivity contribution >= 4 is 23.4 Å². The molecule has 0 saturated carbocycles. The molecule has 3 amide bonds. The second-order valence-electron chi connectivity index (χ2n) is 9.05. The summed E-state index contributed by atoms with van der Waals surface area (Å²) < 4.78 is 1.73. The second-order valence-corrected chi connectivity index (χ2v) is 9.05. The van der Waals surface area contributed by atoms with Crippen LogP contribution in [0.25, 0.3) is 5.69 Å². The monoisotopic (exact) mass is 456 g/mol. The molecule has 0 spiro atoms. The third kappa shape index (κ3) is 3.53. The summed E-state index contributed by atoms with van der Waals surface area (Å²) in [5, 5.41) is 11.0. The van der Waals surface area contributed by atoms with Gasteiger partial charge in [0.1, 0.15) is 11.7 Å². The molecule has 34 heavy (non-hydrogen) atoms. The number of imide groups is 1. The van der Waals surface area contributed by atoms with Gasteiger partial charge in [-0.1, -0.05) is 23.4 Å². The van der Waals surface area contributed by atoms with E-state index in [0.717, 1.165) is 36.3 Å². The van der Waals surface area contributed by atoms with Crippen LogP contribution in [0.3, 0.4) is 0 Å². The first-order valence-corrected chi connectivity index (χ1v) is 11.6. The quantitative estimate of drug-likeness (QED) is 0.603. The smallest absolute Gasteiger partial charge is 0.255 e. The van der Waals surface area contributed by atoms with Crippen LogP contribution in [0.1, 0.15) is 46.4 Å². The van der Waals surface area contributed by atoms with Crippen molar-refractivity contribution in [1.29, 1.82) is 0 Å². The van der Waals surface area contributed by atoms with E-state index in [1.54, 1.807) is 15.6 Å². The SMILES string of the molecule is O=C1CCC(N2Cc3cc(-n4cc(CN5CCCc6ccccc65)nn4)ccc3C2=O)C(=O)N1. The molecule has 0 bridgehead atoms. The Morgan fingerprint density at radius 2 is 1.91 bits per heavy atom. The molecule has 3 aliphatic rings. The van der Waals surface area contributed by atoms with Gasteiger partial charge in [-0.15, -0.1) is 5.10 Å². The topological polar surface area (TPSA) is 100 Å². The van der Waals surface area contributed by atoms with E-state index in [2.05, 4.69) is 44.8 Å². The number of carbonyl (C=O) groups is 3. The molecule has 2 aromatic carbocycles. The number of hydrogen-bond donors (Lipinski definition) is 1. The van der Waals surface area contributed by atoms with Crippen molar-refractivity contribution in [3.05, 3.63) is 71.0 Å². The van der Waals surface area contributed by atoms with Crippen molar-refractivity contribution in [3.63, 3.8) is 0 Å². The maximum absolute atomic E-state index is 12.9. The van der Waals surface area contributed by atoms with E-state index in [4.69, 9.17) is 0 Å². The van der Waals surface area contributed by atoms with Gasteiger partial charge in [0, 0.05) is 30.8 Å². The van der Waals surface area contributed by atoms with Gasteiger partial charge in [-0.05, 0) is 54.7 Å². The number of aryl methyl sites for hydroxylation is 1. The summed E-state index contributed by atoms with van der Waals surface area (Å²) in [5.74, 6) is -0.875. The van der Waals surface area contributed by atoms with E-state index in [1.165, 1.54) is 11.3 Å². The van der Waals surface area contributed by atoms with E-state index >= 15 is 0 Å². The Labute approximate surface area is 196 Å². The lowest BCUT2D eigenvalue weighted by molar-refractivity contribution is -0.136. The molecule has 1 atom stereocenters. The van der Waals surface area contributed by atoms with Crippen molar-refractivity contribution in [2.45, 2.75) is 44.8 Å². The van der Waals surface area contributed by atoms with Crippen LogP contribution >= 0.6 is 0 Å². The van der Waals surface area contributed by atoms with Gasteiger partial charge in [-0.3, -0.25) is 19.7 Å². The number of nitrogens with zero attached hydrogens (tertiary/aromatic N) is 5. The van der Waals surface area contributed by atoms with Crippen LogP contribution in [0.5, 0.6) is 0 Å². The Balaban J connectivity index is 1.20. The molecule has 172 valence electrons. The van der Waals surface area contributed by atoms with Gasteiger partial charge < -0.3 is 9.80 Å². The van der Waals surface area contributed by atoms with Crippen LogP contribution in [0.4, 0.5) is 5.69 Å². The maximum atomic E-state index is 12.9. The van der Waals surface area contributed by atoms with E-state index in [9.17, 15) is 14.4 Å². The molecule has 3 aliphatic heterocycles. The van der Waals surface area contributed by atoms with Gasteiger partial charge >= 0.3 is 0 Å². The van der Waals surface area contributed by atoms with Crippen molar-refractivity contribution in [2.75, 3.05) is 11.4 Å². The summed E-state index contributed by atoms with van der Waals surface area (Å²) in [4.78, 5) is 40.5. The zero-order valence-electron chi connectivity index (χ0n) is 18.6. The van der Waals surface area contributed by atoms with Gasteiger partial charge in [0.2, 0.25) is 11.8 Å². The number of rotatable bonds is 4. The minimum absolute atomic E-state index is 0.181. The van der Waals surface area contributed by atoms with Gasteiger partial charge in [0.05, 0.1) is 18.4 Å². The molecular formula is C25H24N6O3. The first kappa shape index (κ1) is 20.6. The normalized spacial score (nSPS) is 19.8. The predicted molar refractivity (Wildman–Crippen MR) is 123 cm³/mol. The number of anilines is 1. The zero-order chi connectivity index (χ0) is 23.2. The molecule has 0 aliphatic carbocycles. The molecule has 1 unspecified atom stereocenters. The van der Waals surface area contributed by atoms with Gasteiger partial charge in [0.15, 0.2) is 0 Å². The van der Waals surface area contributed by atoms with E-state index in [-0.39, 0.29) is 18.2 Å². The second kappa shape index (κ2) is 8.09. The van der Waals surface area contributed by atoms with Crippen molar-refractivity contribution in [1.82, 2.24) is 25.2 Å². The number of piperidine rings is 1. The first-order valence-electron chi connectivity index (χ1n) is 11.6. The van der Waals surface area contributed by atoms with Gasteiger partial charge in [0.25, 0.3) is 5.91 Å². The summed E-state index contributed by atoms with van der Waals surface area (Å²) in [6.45, 7) is 2.01. The highest BCUT2D eigenvalue weighted by atomic mass is 16.2. The molecule has 9 nitrogen and oxygen atoms in total. The van der Waals surface area contributed by atoms with Crippen LogP contribution in [0.15, 0.2) is 48.7 Å². The number of para-hydroxylation sites is 1. The average Bonchev–Trinajstić information content (AvgIpc) is 3.44. The fraction of sp³-hybridized carbons (Fsp3) is 0.320. The Morgan fingerprint density at radius 1 is 1.03 bits per heavy atom. The minimum Gasteiger partial charge on any atom is -0.365 e. The molecule has 4 heterocycles. The van der Waals surface area contributed by atoms with E-state index in [0.29, 0.717) is 25.1 Å². The van der Waals surface area contributed by atoms with Crippen LogP contribution in [0.2, 0.25) is 0 Å². The third-order valence-electron chi connectivity index (χ3n) is 6.87. The fourth-order valence-corrected chi connectivity index (χ4v) is 5.17. The highest BCUT2D eigenvalue weighted by molar-refractivity contribution is 6.05. The predicted octanol–water partition coefficient (Wildman–Crippen LogP) is 1.98. The lowest BCUT2D eigenvalue weighted by Gasteiger charge is -2.30. The van der Waals surface area contributed by atoms with E-state index < -0.39 is 11.9 Å². The summed E-state index contributed by atoms with van der Waals surface area (Å²) in [6.07, 6.45) is 4.73. The molecule has 1 N–H and O–H groups in total. The highest BCUT2D eigenvalue weighted by Crippen LogP contribution is 2.30. The highest BCUT2D eigenvalue weighted by Gasteiger charge is 2.39. The fourth-order valence-electron chi connectivity index (χ4n) is 5.17. The number of amides is 3. The number of benzene rings is 2. The lowest BCUT2D eigenvalue weighted by atomic mass is 10.0. The Morgan fingerprint density at radius 3 is 2.79 bits per heavy atom. The molecule has 6 rings (SSSR count). The standard InChI is InChI=1S/C25H24N6O3/c32-23-10-9-22(24(33)26-23)30-13-17-12-19(7-8-20(17)25(30)34)31-15-18(27-28-31)14-29-11-3-5-16-4-1-2-6-21(16)29/h1-2,4,6-8,12,15,22H,3,5,9-11,13-14H2,(H,26,32,33). The number of aromatic nitrogens is 3. The average molecular weight is 457 g/mol. The lowest BCUT2D eigenvalue weighted by Crippen LogP contribution is -2.52. The summed E-state index contributed by atoms with van der Waals surface area (Å²) in [5.41, 5.74) is 5.73. The Bertz CT molecular complexity index is 1320. The number of hydrogen-bond acceptors (Lipinski definition) is 6. The van der Waals surface area contributed by atoms with Gasteiger partial charge in [-0.2, -0.15) is 0 Å². The van der Waals surface area contributed by atoms with Gasteiger partial charge in [-0.25, -0.2) is 4.68 Å². The maximum Gasteiger partial charge on any atom is 0.255 e. The molecule has 3 aromatic rings. The Hall–Kier alpha value is -4.01.